The number of halogens is 1. The van der Waals surface area contributed by atoms with Crippen LogP contribution in [0.25, 0.3) is 21.2 Å². The zero-order chi connectivity index (χ0) is 17.2. The average molecular weight is 352 g/mol. The SMILES string of the molecule is O=C(NCc1cncc(-c2ccoc2)c1)c1cc2cc(F)ccc2s1. The number of rotatable bonds is 4. The molecule has 0 spiro atoms. The van der Waals surface area contributed by atoms with Crippen LogP contribution in [0.4, 0.5) is 4.39 Å². The summed E-state index contributed by atoms with van der Waals surface area (Å²) in [7, 11) is 0. The number of carbonyl (C=O) groups is 1. The van der Waals surface area contributed by atoms with E-state index < -0.39 is 0 Å². The van der Waals surface area contributed by atoms with Crippen molar-refractivity contribution in [3.8, 4) is 11.1 Å². The summed E-state index contributed by atoms with van der Waals surface area (Å²) < 4.78 is 19.2. The Morgan fingerprint density at radius 3 is 2.92 bits per heavy atom. The molecule has 0 atom stereocenters. The lowest BCUT2D eigenvalue weighted by Gasteiger charge is -2.05. The standard InChI is InChI=1S/C19H13FN2O2S/c20-16-1-2-17-14(6-16)7-18(25-17)19(23)22-9-12-5-15(10-21-8-12)13-3-4-24-11-13/h1-8,10-11H,9H2,(H,22,23). The van der Waals surface area contributed by atoms with E-state index in [2.05, 4.69) is 10.3 Å². The van der Waals surface area contributed by atoms with E-state index in [1.54, 1.807) is 37.1 Å². The molecule has 0 aliphatic heterocycles. The van der Waals surface area contributed by atoms with E-state index in [0.29, 0.717) is 11.4 Å². The summed E-state index contributed by atoms with van der Waals surface area (Å²) in [6.07, 6.45) is 6.71. The van der Waals surface area contributed by atoms with Gasteiger partial charge in [-0.25, -0.2) is 4.39 Å². The summed E-state index contributed by atoms with van der Waals surface area (Å²) in [6.45, 7) is 0.361. The quantitative estimate of drug-likeness (QED) is 0.583. The fourth-order valence-corrected chi connectivity index (χ4v) is 3.53. The Bertz CT molecular complexity index is 1040. The molecule has 4 rings (SSSR count). The third kappa shape index (κ3) is 3.29. The maximum absolute atomic E-state index is 13.3. The van der Waals surface area contributed by atoms with Gasteiger partial charge in [-0.2, -0.15) is 0 Å². The lowest BCUT2D eigenvalue weighted by atomic mass is 10.1. The van der Waals surface area contributed by atoms with Crippen LogP contribution >= 0.6 is 11.3 Å². The first-order chi connectivity index (χ1) is 12.2. The third-order valence-electron chi connectivity index (χ3n) is 3.80. The van der Waals surface area contributed by atoms with Crippen LogP contribution in [0.2, 0.25) is 0 Å². The van der Waals surface area contributed by atoms with Crippen LogP contribution in [0.5, 0.6) is 0 Å². The maximum atomic E-state index is 13.3. The first-order valence-corrected chi connectivity index (χ1v) is 8.44. The molecule has 1 amide bonds. The second-order valence-corrected chi connectivity index (χ2v) is 6.65. The number of amides is 1. The normalized spacial score (nSPS) is 10.9. The lowest BCUT2D eigenvalue weighted by molar-refractivity contribution is 0.0955. The van der Waals surface area contributed by atoms with Gasteiger partial charge >= 0.3 is 0 Å². The van der Waals surface area contributed by atoms with Crippen molar-refractivity contribution in [2.45, 2.75) is 6.54 Å². The third-order valence-corrected chi connectivity index (χ3v) is 4.92. The fraction of sp³-hybridized carbons (Fsp3) is 0.0526. The van der Waals surface area contributed by atoms with E-state index in [-0.39, 0.29) is 11.7 Å². The summed E-state index contributed by atoms with van der Waals surface area (Å²) in [4.78, 5) is 17.1. The highest BCUT2D eigenvalue weighted by Gasteiger charge is 2.11. The summed E-state index contributed by atoms with van der Waals surface area (Å²) >= 11 is 1.34. The Labute approximate surface area is 146 Å². The zero-order valence-electron chi connectivity index (χ0n) is 13.0. The van der Waals surface area contributed by atoms with Gasteiger partial charge < -0.3 is 9.73 Å². The van der Waals surface area contributed by atoms with Crippen molar-refractivity contribution in [1.82, 2.24) is 10.3 Å². The lowest BCUT2D eigenvalue weighted by Crippen LogP contribution is -2.21. The van der Waals surface area contributed by atoms with E-state index in [0.717, 1.165) is 26.8 Å². The molecular weight excluding hydrogens is 339 g/mol. The molecule has 0 saturated carbocycles. The highest BCUT2D eigenvalue weighted by Crippen LogP contribution is 2.26. The number of aromatic nitrogens is 1. The minimum atomic E-state index is -0.306. The van der Waals surface area contributed by atoms with Crippen molar-refractivity contribution >= 4 is 27.3 Å². The molecule has 0 saturated heterocycles. The van der Waals surface area contributed by atoms with Crippen LogP contribution in [-0.4, -0.2) is 10.9 Å². The first-order valence-electron chi connectivity index (χ1n) is 7.63. The summed E-state index contributed by atoms with van der Waals surface area (Å²) in [5.74, 6) is -0.491. The molecule has 0 fully saturated rings. The molecular formula is C19H13FN2O2S. The van der Waals surface area contributed by atoms with E-state index in [1.165, 1.54) is 23.5 Å². The van der Waals surface area contributed by atoms with Gasteiger partial charge in [0.15, 0.2) is 0 Å². The van der Waals surface area contributed by atoms with E-state index in [1.807, 2.05) is 12.1 Å². The number of hydrogen-bond acceptors (Lipinski definition) is 4. The monoisotopic (exact) mass is 352 g/mol. The molecule has 124 valence electrons. The van der Waals surface area contributed by atoms with Gasteiger partial charge in [-0.3, -0.25) is 9.78 Å². The number of carbonyl (C=O) groups excluding carboxylic acids is 1. The molecule has 4 aromatic rings. The Kier molecular flexibility index (Phi) is 4.03. The Morgan fingerprint density at radius 2 is 2.08 bits per heavy atom. The van der Waals surface area contributed by atoms with Crippen LogP contribution in [0.1, 0.15) is 15.2 Å². The summed E-state index contributed by atoms with van der Waals surface area (Å²) in [5, 5.41) is 3.61. The van der Waals surface area contributed by atoms with Crippen molar-refractivity contribution < 1.29 is 13.6 Å². The van der Waals surface area contributed by atoms with Crippen LogP contribution in [-0.2, 0) is 6.54 Å². The van der Waals surface area contributed by atoms with Crippen molar-refractivity contribution in [1.29, 1.82) is 0 Å². The number of furan rings is 1. The topological polar surface area (TPSA) is 55.1 Å². The molecule has 0 aliphatic carbocycles. The fourth-order valence-electron chi connectivity index (χ4n) is 2.57. The molecule has 1 aromatic carbocycles. The van der Waals surface area contributed by atoms with Crippen molar-refractivity contribution in [2.24, 2.45) is 0 Å². The van der Waals surface area contributed by atoms with Gasteiger partial charge in [0.2, 0.25) is 0 Å². The van der Waals surface area contributed by atoms with Gasteiger partial charge in [0, 0.05) is 34.8 Å². The van der Waals surface area contributed by atoms with Gasteiger partial charge in [0.05, 0.1) is 17.4 Å². The minimum absolute atomic E-state index is 0.185. The van der Waals surface area contributed by atoms with Gasteiger partial charge in [-0.15, -0.1) is 11.3 Å². The Balaban J connectivity index is 1.48. The predicted octanol–water partition coefficient (Wildman–Crippen LogP) is 4.63. The highest BCUT2D eigenvalue weighted by atomic mass is 32.1. The number of nitrogens with zero attached hydrogens (tertiary/aromatic N) is 1. The summed E-state index contributed by atoms with van der Waals surface area (Å²) in [6, 6.07) is 10.0. The highest BCUT2D eigenvalue weighted by molar-refractivity contribution is 7.20. The zero-order valence-corrected chi connectivity index (χ0v) is 13.8. The molecule has 3 aromatic heterocycles. The average Bonchev–Trinajstić information content (AvgIpc) is 3.29. The molecule has 4 nitrogen and oxygen atoms in total. The van der Waals surface area contributed by atoms with E-state index in [9.17, 15) is 9.18 Å². The van der Waals surface area contributed by atoms with Crippen LogP contribution in [0, 0.1) is 5.82 Å². The van der Waals surface area contributed by atoms with Gasteiger partial charge in [-0.1, -0.05) is 0 Å². The molecule has 3 heterocycles. The minimum Gasteiger partial charge on any atom is -0.472 e. The molecule has 0 radical (unpaired) electrons. The molecule has 0 aliphatic rings. The maximum Gasteiger partial charge on any atom is 0.261 e. The smallest absolute Gasteiger partial charge is 0.261 e. The number of nitrogens with one attached hydrogen (secondary N) is 1. The van der Waals surface area contributed by atoms with Gasteiger partial charge in [0.25, 0.3) is 5.91 Å². The van der Waals surface area contributed by atoms with Crippen molar-refractivity contribution in [3.05, 3.63) is 77.6 Å². The number of fused-ring (bicyclic) bond motifs is 1. The Morgan fingerprint density at radius 1 is 1.16 bits per heavy atom. The largest absolute Gasteiger partial charge is 0.472 e. The molecule has 0 unspecified atom stereocenters. The number of thiophene rings is 1. The van der Waals surface area contributed by atoms with Gasteiger partial charge in [-0.05, 0) is 47.3 Å². The predicted molar refractivity (Wildman–Crippen MR) is 94.9 cm³/mol. The number of pyridine rings is 1. The van der Waals surface area contributed by atoms with E-state index >= 15 is 0 Å². The molecule has 0 bridgehead atoms. The van der Waals surface area contributed by atoms with Crippen LogP contribution in [0.15, 0.2) is 65.7 Å². The second-order valence-electron chi connectivity index (χ2n) is 5.57. The number of hydrogen-bond donors (Lipinski definition) is 1. The molecule has 25 heavy (non-hydrogen) atoms. The molecule has 6 heteroatoms. The Hall–Kier alpha value is -2.99. The van der Waals surface area contributed by atoms with E-state index in [4.69, 9.17) is 4.42 Å². The summed E-state index contributed by atoms with van der Waals surface area (Å²) in [5.41, 5.74) is 2.75. The van der Waals surface area contributed by atoms with Crippen molar-refractivity contribution in [2.75, 3.05) is 0 Å². The van der Waals surface area contributed by atoms with Gasteiger partial charge in [0.1, 0.15) is 5.82 Å². The van der Waals surface area contributed by atoms with Crippen LogP contribution in [0.3, 0.4) is 0 Å². The molecule has 1 N–H and O–H groups in total. The van der Waals surface area contributed by atoms with Crippen molar-refractivity contribution in [3.63, 3.8) is 0 Å². The van der Waals surface area contributed by atoms with Crippen LogP contribution < -0.4 is 5.32 Å². The second kappa shape index (κ2) is 6.49. The first kappa shape index (κ1) is 15.5. The number of benzene rings is 1.